The van der Waals surface area contributed by atoms with Crippen LogP contribution in [0.15, 0.2) is 52.3 Å². The van der Waals surface area contributed by atoms with Gasteiger partial charge in [-0.05, 0) is 43.2 Å². The molecule has 0 unspecified atom stereocenters. The van der Waals surface area contributed by atoms with Crippen LogP contribution in [-0.4, -0.2) is 50.3 Å². The molecule has 0 saturated heterocycles. The highest BCUT2D eigenvalue weighted by molar-refractivity contribution is 6.05. The number of ether oxygens (including phenoxy) is 1. The first-order valence-corrected chi connectivity index (χ1v) is 12.8. The molecule has 0 bridgehead atoms. The summed E-state index contributed by atoms with van der Waals surface area (Å²) in [6.45, 7) is 4.84. The number of hydrogen-bond donors (Lipinski definition) is 1. The van der Waals surface area contributed by atoms with Crippen LogP contribution in [0.3, 0.4) is 0 Å². The number of alkyl halides is 3. The fourth-order valence-electron chi connectivity index (χ4n) is 4.36. The van der Waals surface area contributed by atoms with Crippen LogP contribution in [-0.2, 0) is 24.0 Å². The molecule has 0 aromatic carbocycles. The zero-order valence-corrected chi connectivity index (χ0v) is 22.3. The van der Waals surface area contributed by atoms with E-state index in [0.29, 0.717) is 48.2 Å². The summed E-state index contributed by atoms with van der Waals surface area (Å²) in [7, 11) is 1.46. The minimum Gasteiger partial charge on any atom is -0.383 e. The van der Waals surface area contributed by atoms with Crippen molar-refractivity contribution < 1.29 is 22.7 Å². The van der Waals surface area contributed by atoms with Crippen LogP contribution in [0, 0.1) is 0 Å². The Morgan fingerprint density at radius 1 is 1.02 bits per heavy atom. The van der Waals surface area contributed by atoms with Crippen LogP contribution in [0.1, 0.15) is 42.7 Å². The van der Waals surface area contributed by atoms with Crippen molar-refractivity contribution >= 4 is 22.8 Å². The maximum absolute atomic E-state index is 13.2. The van der Waals surface area contributed by atoms with E-state index in [1.807, 2.05) is 13.8 Å². The fourth-order valence-corrected chi connectivity index (χ4v) is 4.36. The number of halogens is 3. The summed E-state index contributed by atoms with van der Waals surface area (Å²) in [4.78, 5) is 51.4. The van der Waals surface area contributed by atoms with Crippen molar-refractivity contribution in [1.82, 2.24) is 24.1 Å². The van der Waals surface area contributed by atoms with Crippen LogP contribution in [0.5, 0.6) is 0 Å². The predicted molar refractivity (Wildman–Crippen MR) is 143 cm³/mol. The van der Waals surface area contributed by atoms with Gasteiger partial charge in [-0.25, -0.2) is 9.78 Å². The number of rotatable bonds is 10. The molecular weight excluding hydrogens is 529 g/mol. The molecule has 4 rings (SSSR count). The van der Waals surface area contributed by atoms with Gasteiger partial charge in [-0.1, -0.05) is 13.8 Å². The molecule has 1 amide bonds. The third-order valence-corrected chi connectivity index (χ3v) is 6.30. The Balaban J connectivity index is 1.69. The molecule has 4 heterocycles. The van der Waals surface area contributed by atoms with Gasteiger partial charge in [0.15, 0.2) is 0 Å². The van der Waals surface area contributed by atoms with Gasteiger partial charge in [-0.2, -0.15) is 13.2 Å². The zero-order valence-electron chi connectivity index (χ0n) is 22.3. The number of anilines is 1. The summed E-state index contributed by atoms with van der Waals surface area (Å²) < 4.78 is 46.6. The Morgan fingerprint density at radius 2 is 1.75 bits per heavy atom. The first kappa shape index (κ1) is 28.7. The van der Waals surface area contributed by atoms with E-state index in [9.17, 15) is 27.6 Å². The lowest BCUT2D eigenvalue weighted by atomic mass is 10.2. The summed E-state index contributed by atoms with van der Waals surface area (Å²) in [5.41, 5.74) is 0.0830. The smallest absolute Gasteiger partial charge is 0.383 e. The number of pyridine rings is 2. The summed E-state index contributed by atoms with van der Waals surface area (Å²) in [5, 5.41) is 0. The molecule has 0 atom stereocenters. The standard InChI is InChI=1S/C27H29F3N6O4/c1-4-10-34-20-14-19(33-23(20)25(38)36(11-5-2)26(34)39)17-7-9-22(32-15-17)35(12-13-40-3)24(37)18-6-8-21(31-16-18)27(28,29)30/h6-9,14-16,33H,4-5,10-13H2,1-3H3. The van der Waals surface area contributed by atoms with Crippen LogP contribution >= 0.6 is 0 Å². The topological polar surface area (TPSA) is 115 Å². The molecule has 0 fully saturated rings. The van der Waals surface area contributed by atoms with E-state index >= 15 is 0 Å². The van der Waals surface area contributed by atoms with Crippen molar-refractivity contribution in [2.24, 2.45) is 0 Å². The number of hydrogen-bond acceptors (Lipinski definition) is 6. The van der Waals surface area contributed by atoms with E-state index in [1.165, 1.54) is 22.8 Å². The van der Waals surface area contributed by atoms with Crippen LogP contribution in [0.2, 0.25) is 0 Å². The van der Waals surface area contributed by atoms with Crippen molar-refractivity contribution in [2.75, 3.05) is 25.2 Å². The van der Waals surface area contributed by atoms with E-state index in [4.69, 9.17) is 4.74 Å². The van der Waals surface area contributed by atoms with E-state index in [1.54, 1.807) is 22.8 Å². The number of aromatic nitrogens is 5. The van der Waals surface area contributed by atoms with Gasteiger partial charge in [0.05, 0.1) is 24.2 Å². The maximum Gasteiger partial charge on any atom is 0.433 e. The second-order valence-electron chi connectivity index (χ2n) is 9.12. The highest BCUT2D eigenvalue weighted by Crippen LogP contribution is 2.28. The Bertz CT molecular complexity index is 1610. The SMILES string of the molecule is CCCn1c(=O)c2[nH]c(-c3ccc(N(CCOC)C(=O)c4ccc(C(F)(F)F)nc4)nc3)cc2n(CCC)c1=O. The van der Waals surface area contributed by atoms with Gasteiger partial charge < -0.3 is 9.72 Å². The minimum absolute atomic E-state index is 0.0390. The van der Waals surface area contributed by atoms with Crippen molar-refractivity contribution in [1.29, 1.82) is 0 Å². The molecule has 13 heteroatoms. The number of carbonyl (C=O) groups excluding carboxylic acids is 1. The van der Waals surface area contributed by atoms with E-state index in [2.05, 4.69) is 15.0 Å². The summed E-state index contributed by atoms with van der Waals surface area (Å²) >= 11 is 0. The number of H-pyrrole nitrogens is 1. The Labute approximate surface area is 227 Å². The third kappa shape index (κ3) is 5.69. The molecule has 1 N–H and O–H groups in total. The quantitative estimate of drug-likeness (QED) is 0.314. The molecule has 4 aromatic rings. The van der Waals surface area contributed by atoms with Crippen LogP contribution in [0.4, 0.5) is 19.0 Å². The fraction of sp³-hybridized carbons (Fsp3) is 0.370. The Hall–Kier alpha value is -4.26. The first-order valence-electron chi connectivity index (χ1n) is 12.8. The second kappa shape index (κ2) is 11.9. The largest absolute Gasteiger partial charge is 0.433 e. The van der Waals surface area contributed by atoms with Gasteiger partial charge in [-0.3, -0.25) is 28.6 Å². The second-order valence-corrected chi connectivity index (χ2v) is 9.12. The summed E-state index contributed by atoms with van der Waals surface area (Å²) in [5.74, 6) is -0.348. The summed E-state index contributed by atoms with van der Waals surface area (Å²) in [6, 6.07) is 6.82. The molecule has 0 aliphatic rings. The van der Waals surface area contributed by atoms with Gasteiger partial charge in [-0.15, -0.1) is 0 Å². The molecule has 212 valence electrons. The highest BCUT2D eigenvalue weighted by Gasteiger charge is 2.32. The molecule has 40 heavy (non-hydrogen) atoms. The van der Waals surface area contributed by atoms with Gasteiger partial charge in [0.1, 0.15) is 17.0 Å². The number of methoxy groups -OCH3 is 1. The number of nitrogens with zero attached hydrogens (tertiary/aromatic N) is 5. The normalized spacial score (nSPS) is 11.8. The molecule has 0 aliphatic heterocycles. The first-order chi connectivity index (χ1) is 19.1. The van der Waals surface area contributed by atoms with Crippen molar-refractivity contribution in [3.63, 3.8) is 0 Å². The number of amides is 1. The Kier molecular flexibility index (Phi) is 8.52. The molecule has 10 nitrogen and oxygen atoms in total. The average Bonchev–Trinajstić information content (AvgIpc) is 3.39. The lowest BCUT2D eigenvalue weighted by molar-refractivity contribution is -0.141. The van der Waals surface area contributed by atoms with Gasteiger partial charge in [0, 0.05) is 43.9 Å². The van der Waals surface area contributed by atoms with E-state index in [0.717, 1.165) is 18.3 Å². The van der Waals surface area contributed by atoms with Crippen LogP contribution < -0.4 is 16.1 Å². The highest BCUT2D eigenvalue weighted by atomic mass is 19.4. The lowest BCUT2D eigenvalue weighted by Crippen LogP contribution is -2.39. The third-order valence-electron chi connectivity index (χ3n) is 6.30. The molecule has 0 spiro atoms. The Morgan fingerprint density at radius 3 is 2.33 bits per heavy atom. The lowest BCUT2D eigenvalue weighted by Gasteiger charge is -2.21. The predicted octanol–water partition coefficient (Wildman–Crippen LogP) is 4.08. The van der Waals surface area contributed by atoms with E-state index < -0.39 is 23.3 Å². The van der Waals surface area contributed by atoms with Crippen molar-refractivity contribution in [3.8, 4) is 11.3 Å². The molecular formula is C27H29F3N6O4. The number of aryl methyl sites for hydroxylation is 1. The van der Waals surface area contributed by atoms with Gasteiger partial charge in [0.2, 0.25) is 0 Å². The molecule has 0 radical (unpaired) electrons. The van der Waals surface area contributed by atoms with Crippen LogP contribution in [0.25, 0.3) is 22.3 Å². The van der Waals surface area contributed by atoms with E-state index in [-0.39, 0.29) is 30.2 Å². The maximum atomic E-state index is 13.2. The van der Waals surface area contributed by atoms with Gasteiger partial charge in [0.25, 0.3) is 11.5 Å². The molecule has 0 aliphatic carbocycles. The molecule has 4 aromatic heterocycles. The molecule has 0 saturated carbocycles. The van der Waals surface area contributed by atoms with Crippen molar-refractivity contribution in [3.05, 3.63) is 74.8 Å². The number of aromatic amines is 1. The average molecular weight is 559 g/mol. The number of carbonyl (C=O) groups is 1. The minimum atomic E-state index is -4.62. The monoisotopic (exact) mass is 558 g/mol. The summed E-state index contributed by atoms with van der Waals surface area (Å²) in [6.07, 6.45) is -0.899. The van der Waals surface area contributed by atoms with Gasteiger partial charge >= 0.3 is 11.9 Å². The van der Waals surface area contributed by atoms with Crippen molar-refractivity contribution in [2.45, 2.75) is 46.0 Å². The number of nitrogens with one attached hydrogen (secondary N) is 1. The number of fused-ring (bicyclic) bond motifs is 1. The zero-order chi connectivity index (χ0) is 29.0.